The summed E-state index contributed by atoms with van der Waals surface area (Å²) >= 11 is 0. The number of rotatable bonds is 10. The van der Waals surface area contributed by atoms with Crippen molar-refractivity contribution in [3.63, 3.8) is 0 Å². The molecule has 43 heavy (non-hydrogen) atoms. The Morgan fingerprint density at radius 2 is 1.60 bits per heavy atom. The Morgan fingerprint density at radius 3 is 2.19 bits per heavy atom. The van der Waals surface area contributed by atoms with Gasteiger partial charge in [-0.05, 0) is 76.1 Å². The summed E-state index contributed by atoms with van der Waals surface area (Å²) in [6.07, 6.45) is -0.188. The molecule has 3 N–H and O–H groups in total. The summed E-state index contributed by atoms with van der Waals surface area (Å²) in [7, 11) is 0. The fraction of sp³-hybridized carbons (Fsp3) is 0.500. The average Bonchev–Trinajstić information content (AvgIpc) is 3.43. The molecule has 0 bridgehead atoms. The first-order valence-corrected chi connectivity index (χ1v) is 14.6. The molecule has 2 aliphatic rings. The number of hydrogen-bond donors (Lipinski definition) is 3. The van der Waals surface area contributed by atoms with E-state index < -0.39 is 47.5 Å². The van der Waals surface area contributed by atoms with Crippen molar-refractivity contribution in [3.8, 4) is 11.1 Å². The molecule has 0 radical (unpaired) electrons. The lowest BCUT2D eigenvalue weighted by atomic mass is 9.98. The average molecular weight is 596 g/mol. The summed E-state index contributed by atoms with van der Waals surface area (Å²) in [5, 5.41) is 15.1. The highest BCUT2D eigenvalue weighted by Gasteiger charge is 2.49. The first-order valence-electron chi connectivity index (χ1n) is 14.6. The van der Waals surface area contributed by atoms with Crippen molar-refractivity contribution in [1.29, 1.82) is 0 Å². The Balaban J connectivity index is 1.42. The molecule has 4 rings (SSSR count). The van der Waals surface area contributed by atoms with Crippen LogP contribution in [0.25, 0.3) is 11.1 Å². The van der Waals surface area contributed by atoms with Gasteiger partial charge in [0.1, 0.15) is 24.0 Å². The van der Waals surface area contributed by atoms with E-state index in [1.54, 1.807) is 34.6 Å². The third kappa shape index (κ3) is 7.64. The summed E-state index contributed by atoms with van der Waals surface area (Å²) in [6, 6.07) is 13.7. The molecule has 0 aromatic heterocycles. The molecule has 11 heteroatoms. The first kappa shape index (κ1) is 31.8. The van der Waals surface area contributed by atoms with Crippen LogP contribution >= 0.6 is 0 Å². The quantitative estimate of drug-likeness (QED) is 0.337. The Morgan fingerprint density at radius 1 is 1.00 bits per heavy atom. The molecule has 0 spiro atoms. The lowest BCUT2D eigenvalue weighted by molar-refractivity contribution is -0.156. The van der Waals surface area contributed by atoms with Crippen LogP contribution < -0.4 is 10.6 Å². The summed E-state index contributed by atoms with van der Waals surface area (Å²) in [6.45, 7) is 8.74. The van der Waals surface area contributed by atoms with Gasteiger partial charge in [-0.2, -0.15) is 0 Å². The van der Waals surface area contributed by atoms with Gasteiger partial charge in [-0.1, -0.05) is 48.5 Å². The number of carboxylic acid groups (broad SMARTS) is 1. The lowest BCUT2D eigenvalue weighted by Crippen LogP contribution is -2.57. The number of alkyl carbamates (subject to hydrolysis) is 2. The second kappa shape index (κ2) is 13.0. The third-order valence-electron chi connectivity index (χ3n) is 7.53. The van der Waals surface area contributed by atoms with Crippen LogP contribution in [0.15, 0.2) is 48.5 Å². The molecule has 1 aliphatic carbocycles. The highest BCUT2D eigenvalue weighted by atomic mass is 16.6. The zero-order valence-electron chi connectivity index (χ0n) is 25.3. The maximum atomic E-state index is 13.8. The van der Waals surface area contributed by atoms with Crippen LogP contribution in [0.3, 0.4) is 0 Å². The van der Waals surface area contributed by atoms with Crippen LogP contribution in [0.5, 0.6) is 0 Å². The molecule has 2 aromatic rings. The van der Waals surface area contributed by atoms with E-state index in [0.717, 1.165) is 22.3 Å². The molecule has 1 fully saturated rings. The van der Waals surface area contributed by atoms with E-state index in [0.29, 0.717) is 19.4 Å². The second-order valence-corrected chi connectivity index (χ2v) is 12.3. The van der Waals surface area contributed by atoms with E-state index in [1.165, 1.54) is 4.90 Å². The zero-order chi connectivity index (χ0) is 31.4. The van der Waals surface area contributed by atoms with Gasteiger partial charge >= 0.3 is 18.2 Å². The molecule has 2 aromatic carbocycles. The maximum Gasteiger partial charge on any atom is 0.407 e. The Bertz CT molecular complexity index is 1310. The molecular formula is C32H41N3O8. The van der Waals surface area contributed by atoms with Gasteiger partial charge in [0, 0.05) is 12.5 Å². The van der Waals surface area contributed by atoms with E-state index in [4.69, 9.17) is 14.2 Å². The minimum absolute atomic E-state index is 0.0661. The summed E-state index contributed by atoms with van der Waals surface area (Å²) in [4.78, 5) is 51.9. The number of carboxylic acids is 1. The van der Waals surface area contributed by atoms with E-state index in [-0.39, 0.29) is 25.6 Å². The highest BCUT2D eigenvalue weighted by Crippen LogP contribution is 2.44. The number of aliphatic carboxylic acids is 1. The van der Waals surface area contributed by atoms with Crippen LogP contribution in [0.2, 0.25) is 0 Å². The summed E-state index contributed by atoms with van der Waals surface area (Å²) < 4.78 is 16.5. The smallest absolute Gasteiger partial charge is 0.407 e. The van der Waals surface area contributed by atoms with E-state index >= 15 is 0 Å². The normalized spacial score (nSPS) is 17.9. The zero-order valence-corrected chi connectivity index (χ0v) is 25.3. The fourth-order valence-corrected chi connectivity index (χ4v) is 5.59. The minimum Gasteiger partial charge on any atom is -0.480 e. The van der Waals surface area contributed by atoms with Crippen molar-refractivity contribution in [2.45, 2.75) is 83.2 Å². The highest BCUT2D eigenvalue weighted by molar-refractivity contribution is 5.90. The molecule has 11 nitrogen and oxygen atoms in total. The number of fused-ring (bicyclic) bond motifs is 3. The van der Waals surface area contributed by atoms with E-state index in [1.807, 2.05) is 48.5 Å². The van der Waals surface area contributed by atoms with Crippen molar-refractivity contribution >= 4 is 24.1 Å². The lowest BCUT2D eigenvalue weighted by Gasteiger charge is -2.35. The van der Waals surface area contributed by atoms with Gasteiger partial charge in [-0.3, -0.25) is 9.69 Å². The van der Waals surface area contributed by atoms with Crippen LogP contribution in [-0.2, 0) is 23.8 Å². The summed E-state index contributed by atoms with van der Waals surface area (Å²) in [5.74, 6) is -1.93. The van der Waals surface area contributed by atoms with Gasteiger partial charge in [0.15, 0.2) is 6.04 Å². The molecule has 1 aliphatic heterocycles. The van der Waals surface area contributed by atoms with Crippen LogP contribution in [0.4, 0.5) is 9.59 Å². The van der Waals surface area contributed by atoms with E-state index in [2.05, 4.69) is 10.6 Å². The number of amides is 3. The van der Waals surface area contributed by atoms with Gasteiger partial charge in [0.2, 0.25) is 5.91 Å². The Hall–Kier alpha value is -4.12. The van der Waals surface area contributed by atoms with Gasteiger partial charge in [-0.15, -0.1) is 0 Å². The molecule has 0 unspecified atom stereocenters. The first-order chi connectivity index (χ1) is 20.3. The molecule has 232 valence electrons. The molecular weight excluding hydrogens is 554 g/mol. The van der Waals surface area contributed by atoms with Crippen LogP contribution in [-0.4, -0.2) is 77.2 Å². The SMILES string of the molecule is CC(C)(C)OC(=O)NCCCC[C@@H](NC(=O)OCC1c2ccccc2-c2ccccc21)C(=O)N1[C@@H](C(=O)O)COC1(C)C. The van der Waals surface area contributed by atoms with Crippen molar-refractivity contribution in [1.82, 2.24) is 15.5 Å². The molecule has 3 amide bonds. The van der Waals surface area contributed by atoms with Gasteiger partial charge in [-0.25, -0.2) is 14.4 Å². The predicted octanol–water partition coefficient (Wildman–Crippen LogP) is 4.64. The molecule has 1 saturated heterocycles. The third-order valence-corrected chi connectivity index (χ3v) is 7.53. The Labute approximate surface area is 251 Å². The van der Waals surface area contributed by atoms with Gasteiger partial charge in [0.05, 0.1) is 6.61 Å². The standard InChI is InChI=1S/C32H41N3O8/c1-31(2,3)43-29(39)33-17-11-10-16-25(27(36)35-26(28(37)38)19-42-32(35,4)5)34-30(40)41-18-24-22-14-8-6-12-20(22)21-13-7-9-15-23(21)24/h6-9,12-15,24-26H,10-11,16-19H2,1-5H3,(H,33,39)(H,34,40)(H,37,38)/t25-,26-/m1/s1. The topological polar surface area (TPSA) is 144 Å². The van der Waals surface area contributed by atoms with Crippen molar-refractivity contribution in [2.75, 3.05) is 19.8 Å². The number of unbranched alkanes of at least 4 members (excludes halogenated alkanes) is 1. The second-order valence-electron chi connectivity index (χ2n) is 12.3. The van der Waals surface area contributed by atoms with Gasteiger partial charge < -0.3 is 30.0 Å². The van der Waals surface area contributed by atoms with E-state index in [9.17, 15) is 24.3 Å². The maximum absolute atomic E-state index is 13.8. The summed E-state index contributed by atoms with van der Waals surface area (Å²) in [5.41, 5.74) is 2.50. The molecule has 0 saturated carbocycles. The number of carbonyl (C=O) groups excluding carboxylic acids is 3. The van der Waals surface area contributed by atoms with Gasteiger partial charge in [0.25, 0.3) is 0 Å². The van der Waals surface area contributed by atoms with Crippen molar-refractivity contribution in [3.05, 3.63) is 59.7 Å². The largest absolute Gasteiger partial charge is 0.480 e. The van der Waals surface area contributed by atoms with Crippen molar-refractivity contribution in [2.24, 2.45) is 0 Å². The van der Waals surface area contributed by atoms with Crippen LogP contribution in [0.1, 0.15) is 70.9 Å². The fourth-order valence-electron chi connectivity index (χ4n) is 5.59. The molecule has 2 atom stereocenters. The number of nitrogens with zero attached hydrogens (tertiary/aromatic N) is 1. The number of hydrogen-bond acceptors (Lipinski definition) is 7. The van der Waals surface area contributed by atoms with Crippen molar-refractivity contribution < 1.29 is 38.5 Å². The molecule has 1 heterocycles. The number of benzene rings is 2. The van der Waals surface area contributed by atoms with Crippen LogP contribution in [0, 0.1) is 0 Å². The number of carbonyl (C=O) groups is 4. The Kier molecular flexibility index (Phi) is 9.64. The number of nitrogens with one attached hydrogen (secondary N) is 2. The number of ether oxygens (including phenoxy) is 3. The minimum atomic E-state index is -1.19. The predicted molar refractivity (Wildman–Crippen MR) is 158 cm³/mol. The monoisotopic (exact) mass is 595 g/mol.